The second-order valence-corrected chi connectivity index (χ2v) is 4.26. The Balaban J connectivity index is 1.90. The maximum atomic E-state index is 11.7. The number of hydrogen-bond donors (Lipinski definition) is 2. The third-order valence-electron chi connectivity index (χ3n) is 3.04. The number of carbonyl (C=O) groups is 1. The highest BCUT2D eigenvalue weighted by molar-refractivity contribution is 5.92. The molecule has 1 heterocycles. The van der Waals surface area contributed by atoms with Gasteiger partial charge in [0.25, 0.3) is 5.91 Å². The molecule has 82 valence electrons. The van der Waals surface area contributed by atoms with Gasteiger partial charge in [0.2, 0.25) is 0 Å². The second kappa shape index (κ2) is 3.70. The topological polar surface area (TPSA) is 54.3 Å². The van der Waals surface area contributed by atoms with Crippen LogP contribution in [0.3, 0.4) is 0 Å². The molecule has 2 rings (SSSR count). The van der Waals surface area contributed by atoms with Gasteiger partial charge in [-0.05, 0) is 31.4 Å². The van der Waals surface area contributed by atoms with E-state index in [1.165, 1.54) is 0 Å². The van der Waals surface area contributed by atoms with E-state index in [0.29, 0.717) is 12.2 Å². The standard InChI is InChI=1S/C11H16N2O2/c1-13-7-2-4-9(13)10(14)12-8-11(15)5-3-6-11/h2,4,7,15H,3,5-6,8H2,1H3,(H,12,14). The highest BCUT2D eigenvalue weighted by atomic mass is 16.3. The fourth-order valence-corrected chi connectivity index (χ4v) is 1.79. The molecule has 2 N–H and O–H groups in total. The van der Waals surface area contributed by atoms with Crippen LogP contribution in [-0.4, -0.2) is 27.7 Å². The molecule has 0 bridgehead atoms. The number of amides is 1. The molecular formula is C11H16N2O2. The molecule has 0 radical (unpaired) electrons. The van der Waals surface area contributed by atoms with Gasteiger partial charge < -0.3 is 15.0 Å². The molecule has 1 saturated carbocycles. The van der Waals surface area contributed by atoms with Gasteiger partial charge in [0.1, 0.15) is 5.69 Å². The zero-order chi connectivity index (χ0) is 10.9. The number of nitrogens with zero attached hydrogens (tertiary/aromatic N) is 1. The van der Waals surface area contributed by atoms with Crippen LogP contribution in [0.15, 0.2) is 18.3 Å². The lowest BCUT2D eigenvalue weighted by molar-refractivity contribution is -0.0301. The quantitative estimate of drug-likeness (QED) is 0.767. The van der Waals surface area contributed by atoms with Gasteiger partial charge in [-0.2, -0.15) is 0 Å². The molecule has 1 aromatic rings. The number of nitrogens with one attached hydrogen (secondary N) is 1. The molecule has 1 amide bonds. The number of aryl methyl sites for hydroxylation is 1. The van der Waals surface area contributed by atoms with Crippen LogP contribution in [0, 0.1) is 0 Å². The zero-order valence-corrected chi connectivity index (χ0v) is 8.86. The van der Waals surface area contributed by atoms with E-state index >= 15 is 0 Å². The van der Waals surface area contributed by atoms with E-state index in [0.717, 1.165) is 19.3 Å². The van der Waals surface area contributed by atoms with E-state index in [9.17, 15) is 9.90 Å². The van der Waals surface area contributed by atoms with Crippen molar-refractivity contribution in [3.8, 4) is 0 Å². The van der Waals surface area contributed by atoms with Crippen molar-refractivity contribution >= 4 is 5.91 Å². The normalized spacial score (nSPS) is 18.3. The maximum absolute atomic E-state index is 11.7. The van der Waals surface area contributed by atoms with Gasteiger partial charge in [0.05, 0.1) is 5.60 Å². The summed E-state index contributed by atoms with van der Waals surface area (Å²) in [5, 5.41) is 12.6. The van der Waals surface area contributed by atoms with Crippen LogP contribution in [0.1, 0.15) is 29.8 Å². The number of rotatable bonds is 3. The molecule has 1 aliphatic carbocycles. The smallest absolute Gasteiger partial charge is 0.267 e. The molecule has 0 aromatic carbocycles. The Morgan fingerprint density at radius 3 is 2.87 bits per heavy atom. The van der Waals surface area contributed by atoms with Crippen molar-refractivity contribution < 1.29 is 9.90 Å². The Kier molecular flexibility index (Phi) is 2.52. The number of carbonyl (C=O) groups excluding carboxylic acids is 1. The second-order valence-electron chi connectivity index (χ2n) is 4.26. The molecule has 1 aromatic heterocycles. The summed E-state index contributed by atoms with van der Waals surface area (Å²) < 4.78 is 1.76. The van der Waals surface area contributed by atoms with Crippen molar-refractivity contribution in [1.29, 1.82) is 0 Å². The number of aliphatic hydroxyl groups is 1. The van der Waals surface area contributed by atoms with E-state index in [4.69, 9.17) is 0 Å². The predicted octanol–water partition coefficient (Wildman–Crippen LogP) is 0.670. The molecule has 0 atom stereocenters. The Morgan fingerprint density at radius 1 is 1.67 bits per heavy atom. The molecule has 4 nitrogen and oxygen atoms in total. The van der Waals surface area contributed by atoms with Crippen molar-refractivity contribution in [2.24, 2.45) is 7.05 Å². The van der Waals surface area contributed by atoms with Crippen LogP contribution in [-0.2, 0) is 7.05 Å². The molecular weight excluding hydrogens is 192 g/mol. The monoisotopic (exact) mass is 208 g/mol. The summed E-state index contributed by atoms with van der Waals surface area (Å²) >= 11 is 0. The fraction of sp³-hybridized carbons (Fsp3) is 0.545. The average molecular weight is 208 g/mol. The van der Waals surface area contributed by atoms with Crippen LogP contribution in [0.25, 0.3) is 0 Å². The van der Waals surface area contributed by atoms with Crippen LogP contribution in [0.4, 0.5) is 0 Å². The molecule has 1 aliphatic rings. The Bertz CT molecular complexity index is 366. The van der Waals surface area contributed by atoms with E-state index in [1.807, 2.05) is 19.3 Å². The number of hydrogen-bond acceptors (Lipinski definition) is 2. The van der Waals surface area contributed by atoms with Crippen LogP contribution >= 0.6 is 0 Å². The number of aromatic nitrogens is 1. The lowest BCUT2D eigenvalue weighted by Gasteiger charge is -2.36. The first-order valence-corrected chi connectivity index (χ1v) is 5.23. The third kappa shape index (κ3) is 2.04. The fourth-order valence-electron chi connectivity index (χ4n) is 1.79. The largest absolute Gasteiger partial charge is 0.388 e. The molecule has 4 heteroatoms. The van der Waals surface area contributed by atoms with Gasteiger partial charge in [0.15, 0.2) is 0 Å². The Hall–Kier alpha value is -1.29. The van der Waals surface area contributed by atoms with Crippen molar-refractivity contribution in [2.45, 2.75) is 24.9 Å². The van der Waals surface area contributed by atoms with Gasteiger partial charge >= 0.3 is 0 Å². The Morgan fingerprint density at radius 2 is 2.40 bits per heavy atom. The molecule has 15 heavy (non-hydrogen) atoms. The van der Waals surface area contributed by atoms with Crippen LogP contribution in [0.5, 0.6) is 0 Å². The summed E-state index contributed by atoms with van der Waals surface area (Å²) in [5.41, 5.74) is -0.0289. The van der Waals surface area contributed by atoms with Gasteiger partial charge in [-0.15, -0.1) is 0 Å². The van der Waals surface area contributed by atoms with E-state index < -0.39 is 5.60 Å². The maximum Gasteiger partial charge on any atom is 0.267 e. The van der Waals surface area contributed by atoms with E-state index in [2.05, 4.69) is 5.32 Å². The van der Waals surface area contributed by atoms with Crippen LogP contribution in [0.2, 0.25) is 0 Å². The summed E-state index contributed by atoms with van der Waals surface area (Å²) in [4.78, 5) is 11.7. The highest BCUT2D eigenvalue weighted by Gasteiger charge is 2.34. The molecule has 0 saturated heterocycles. The highest BCUT2D eigenvalue weighted by Crippen LogP contribution is 2.30. The lowest BCUT2D eigenvalue weighted by atomic mass is 9.80. The minimum atomic E-state index is -0.652. The summed E-state index contributed by atoms with van der Waals surface area (Å²) in [6.07, 6.45) is 4.46. The summed E-state index contributed by atoms with van der Waals surface area (Å²) in [6.45, 7) is 0.358. The molecule has 0 unspecified atom stereocenters. The van der Waals surface area contributed by atoms with Gasteiger partial charge in [0, 0.05) is 19.8 Å². The van der Waals surface area contributed by atoms with E-state index in [1.54, 1.807) is 10.6 Å². The minimum absolute atomic E-state index is 0.122. The van der Waals surface area contributed by atoms with E-state index in [-0.39, 0.29) is 5.91 Å². The van der Waals surface area contributed by atoms with Gasteiger partial charge in [-0.3, -0.25) is 4.79 Å². The SMILES string of the molecule is Cn1cccc1C(=O)NCC1(O)CCC1. The lowest BCUT2D eigenvalue weighted by Crippen LogP contribution is -2.48. The summed E-state index contributed by atoms with van der Waals surface area (Å²) in [7, 11) is 1.83. The Labute approximate surface area is 88.9 Å². The zero-order valence-electron chi connectivity index (χ0n) is 8.86. The molecule has 0 aliphatic heterocycles. The first kappa shape index (κ1) is 10.2. The van der Waals surface area contributed by atoms with Crippen molar-refractivity contribution in [1.82, 2.24) is 9.88 Å². The summed E-state index contributed by atoms with van der Waals surface area (Å²) in [5.74, 6) is -0.122. The van der Waals surface area contributed by atoms with Gasteiger partial charge in [-0.1, -0.05) is 0 Å². The van der Waals surface area contributed by atoms with Crippen molar-refractivity contribution in [2.75, 3.05) is 6.54 Å². The average Bonchev–Trinajstić information content (AvgIpc) is 2.58. The summed E-state index contributed by atoms with van der Waals surface area (Å²) in [6, 6.07) is 3.59. The molecule has 1 fully saturated rings. The van der Waals surface area contributed by atoms with Crippen molar-refractivity contribution in [3.05, 3.63) is 24.0 Å². The minimum Gasteiger partial charge on any atom is -0.388 e. The van der Waals surface area contributed by atoms with Crippen LogP contribution < -0.4 is 5.32 Å². The predicted molar refractivity (Wildman–Crippen MR) is 56.5 cm³/mol. The molecule has 0 spiro atoms. The van der Waals surface area contributed by atoms with Crippen molar-refractivity contribution in [3.63, 3.8) is 0 Å². The third-order valence-corrected chi connectivity index (χ3v) is 3.04. The first-order valence-electron chi connectivity index (χ1n) is 5.23. The first-order chi connectivity index (χ1) is 7.11. The van der Waals surface area contributed by atoms with Gasteiger partial charge in [-0.25, -0.2) is 0 Å².